The van der Waals surface area contributed by atoms with E-state index in [1.807, 2.05) is 11.8 Å². The van der Waals surface area contributed by atoms with Crippen LogP contribution >= 0.6 is 0 Å². The largest absolute Gasteiger partial charge is 0.466 e. The van der Waals surface area contributed by atoms with Gasteiger partial charge in [-0.15, -0.1) is 0 Å². The van der Waals surface area contributed by atoms with Crippen LogP contribution in [0.4, 0.5) is 11.4 Å². The van der Waals surface area contributed by atoms with Gasteiger partial charge in [0.25, 0.3) is 0 Å². The van der Waals surface area contributed by atoms with Crippen molar-refractivity contribution in [2.24, 2.45) is 5.92 Å². The summed E-state index contributed by atoms with van der Waals surface area (Å²) in [6, 6.07) is 6.75. The molecule has 1 amide bonds. The standard InChI is InChI=1S/C17H25N3O3/c1-3-23-17(22)13-5-4-10-20(11-13)12(2)16(21)19-15-8-6-14(18)7-9-15/h6-9,12-13H,3-5,10-11,18H2,1-2H3,(H,19,21). The molecule has 0 radical (unpaired) electrons. The van der Waals surface area contributed by atoms with Gasteiger partial charge in [0, 0.05) is 17.9 Å². The highest BCUT2D eigenvalue weighted by atomic mass is 16.5. The van der Waals surface area contributed by atoms with Crippen LogP contribution in [-0.4, -0.2) is 42.5 Å². The first-order valence-corrected chi connectivity index (χ1v) is 8.08. The van der Waals surface area contributed by atoms with E-state index in [1.54, 1.807) is 31.2 Å². The van der Waals surface area contributed by atoms with E-state index < -0.39 is 0 Å². The van der Waals surface area contributed by atoms with Gasteiger partial charge in [-0.3, -0.25) is 14.5 Å². The highest BCUT2D eigenvalue weighted by Gasteiger charge is 2.31. The van der Waals surface area contributed by atoms with Gasteiger partial charge < -0.3 is 15.8 Å². The smallest absolute Gasteiger partial charge is 0.310 e. The number of likely N-dealkylation sites (tertiary alicyclic amines) is 1. The first kappa shape index (κ1) is 17.3. The fourth-order valence-corrected chi connectivity index (χ4v) is 2.79. The quantitative estimate of drug-likeness (QED) is 0.639. The Balaban J connectivity index is 1.93. The normalized spacial score (nSPS) is 19.8. The maximum Gasteiger partial charge on any atom is 0.310 e. The lowest BCUT2D eigenvalue weighted by Crippen LogP contribution is -2.48. The molecule has 1 heterocycles. The summed E-state index contributed by atoms with van der Waals surface area (Å²) < 4.78 is 5.10. The second kappa shape index (κ2) is 7.97. The predicted octanol–water partition coefficient (Wildman–Crippen LogP) is 1.87. The summed E-state index contributed by atoms with van der Waals surface area (Å²) in [4.78, 5) is 26.3. The predicted molar refractivity (Wildman–Crippen MR) is 89.9 cm³/mol. The minimum atomic E-state index is -0.301. The number of nitrogen functional groups attached to an aromatic ring is 1. The molecule has 126 valence electrons. The van der Waals surface area contributed by atoms with Crippen molar-refractivity contribution in [3.63, 3.8) is 0 Å². The lowest BCUT2D eigenvalue weighted by molar-refractivity contribution is -0.150. The highest BCUT2D eigenvalue weighted by Crippen LogP contribution is 2.20. The third-order valence-electron chi connectivity index (χ3n) is 4.18. The van der Waals surface area contributed by atoms with Crippen LogP contribution in [0.25, 0.3) is 0 Å². The third-order valence-corrected chi connectivity index (χ3v) is 4.18. The molecule has 3 N–H and O–H groups in total. The molecule has 2 unspecified atom stereocenters. The van der Waals surface area contributed by atoms with E-state index in [2.05, 4.69) is 5.32 Å². The molecule has 2 rings (SSSR count). The molecular weight excluding hydrogens is 294 g/mol. The molecule has 6 nitrogen and oxygen atoms in total. The van der Waals surface area contributed by atoms with Crippen LogP contribution in [0.5, 0.6) is 0 Å². The van der Waals surface area contributed by atoms with Gasteiger partial charge in [0.1, 0.15) is 0 Å². The highest BCUT2D eigenvalue weighted by molar-refractivity contribution is 5.94. The molecular formula is C17H25N3O3. The molecule has 1 saturated heterocycles. The number of piperidine rings is 1. The number of nitrogens with one attached hydrogen (secondary N) is 1. The maximum absolute atomic E-state index is 12.4. The van der Waals surface area contributed by atoms with Gasteiger partial charge in [0.05, 0.1) is 18.6 Å². The first-order valence-electron chi connectivity index (χ1n) is 8.08. The molecule has 2 atom stereocenters. The molecule has 23 heavy (non-hydrogen) atoms. The molecule has 1 aromatic carbocycles. The summed E-state index contributed by atoms with van der Waals surface area (Å²) in [5.41, 5.74) is 7.01. The number of anilines is 2. The summed E-state index contributed by atoms with van der Waals surface area (Å²) in [6.45, 7) is 5.44. The lowest BCUT2D eigenvalue weighted by Gasteiger charge is -2.35. The number of amides is 1. The zero-order valence-electron chi connectivity index (χ0n) is 13.7. The molecule has 1 aliphatic heterocycles. The fraction of sp³-hybridized carbons (Fsp3) is 0.529. The zero-order valence-corrected chi connectivity index (χ0v) is 13.7. The lowest BCUT2D eigenvalue weighted by atomic mass is 9.97. The number of hydrogen-bond donors (Lipinski definition) is 2. The van der Waals surface area contributed by atoms with Gasteiger partial charge >= 0.3 is 5.97 Å². The SMILES string of the molecule is CCOC(=O)C1CCCN(C(C)C(=O)Nc2ccc(N)cc2)C1. The molecule has 1 aliphatic rings. The second-order valence-corrected chi connectivity index (χ2v) is 5.87. The maximum atomic E-state index is 12.4. The Hall–Kier alpha value is -2.08. The number of benzene rings is 1. The van der Waals surface area contributed by atoms with Gasteiger partial charge in [-0.1, -0.05) is 0 Å². The molecule has 0 bridgehead atoms. The van der Waals surface area contributed by atoms with Crippen LogP contribution < -0.4 is 11.1 Å². The summed E-state index contributed by atoms with van der Waals surface area (Å²) in [6.07, 6.45) is 1.71. The molecule has 0 aliphatic carbocycles. The van der Waals surface area contributed by atoms with Gasteiger partial charge in [-0.25, -0.2) is 0 Å². The van der Waals surface area contributed by atoms with Crippen LogP contribution in [0, 0.1) is 5.92 Å². The number of hydrogen-bond acceptors (Lipinski definition) is 5. The van der Waals surface area contributed by atoms with Crippen molar-refractivity contribution in [3.05, 3.63) is 24.3 Å². The van der Waals surface area contributed by atoms with Crippen molar-refractivity contribution in [3.8, 4) is 0 Å². The Morgan fingerprint density at radius 1 is 1.39 bits per heavy atom. The van der Waals surface area contributed by atoms with Gasteiger partial charge in [0.15, 0.2) is 0 Å². The van der Waals surface area contributed by atoms with Crippen molar-refractivity contribution < 1.29 is 14.3 Å². The number of nitrogens with two attached hydrogens (primary N) is 1. The number of esters is 1. The van der Waals surface area contributed by atoms with Crippen molar-refractivity contribution in [2.75, 3.05) is 30.7 Å². The Kier molecular flexibility index (Phi) is 5.98. The van der Waals surface area contributed by atoms with Gasteiger partial charge in [0.2, 0.25) is 5.91 Å². The van der Waals surface area contributed by atoms with E-state index >= 15 is 0 Å². The van der Waals surface area contributed by atoms with Gasteiger partial charge in [-0.05, 0) is 57.5 Å². The van der Waals surface area contributed by atoms with Crippen LogP contribution in [0.15, 0.2) is 24.3 Å². The molecule has 0 spiro atoms. The van der Waals surface area contributed by atoms with Crippen LogP contribution in [0.2, 0.25) is 0 Å². The molecule has 6 heteroatoms. The Morgan fingerprint density at radius 2 is 2.09 bits per heavy atom. The molecule has 0 saturated carbocycles. The van der Waals surface area contributed by atoms with Crippen LogP contribution in [0.3, 0.4) is 0 Å². The van der Waals surface area contributed by atoms with Crippen molar-refractivity contribution >= 4 is 23.3 Å². The Labute approximate surface area is 137 Å². The monoisotopic (exact) mass is 319 g/mol. The summed E-state index contributed by atoms with van der Waals surface area (Å²) in [5.74, 6) is -0.391. The van der Waals surface area contributed by atoms with Gasteiger partial charge in [-0.2, -0.15) is 0 Å². The minimum absolute atomic E-state index is 0.0840. The molecule has 0 aromatic heterocycles. The number of ether oxygens (including phenoxy) is 1. The summed E-state index contributed by atoms with van der Waals surface area (Å²) in [7, 11) is 0. The Bertz CT molecular complexity index is 545. The van der Waals surface area contributed by atoms with Crippen molar-refractivity contribution in [2.45, 2.75) is 32.7 Å². The van der Waals surface area contributed by atoms with E-state index in [0.29, 0.717) is 18.8 Å². The molecule has 1 fully saturated rings. The zero-order chi connectivity index (χ0) is 16.8. The first-order chi connectivity index (χ1) is 11.0. The topological polar surface area (TPSA) is 84.7 Å². The summed E-state index contributed by atoms with van der Waals surface area (Å²) >= 11 is 0. The van der Waals surface area contributed by atoms with E-state index in [9.17, 15) is 9.59 Å². The van der Waals surface area contributed by atoms with E-state index in [-0.39, 0.29) is 23.8 Å². The number of carbonyl (C=O) groups is 2. The number of carbonyl (C=O) groups excluding carboxylic acids is 2. The van der Waals surface area contributed by atoms with E-state index in [1.165, 1.54) is 0 Å². The van der Waals surface area contributed by atoms with Crippen LogP contribution in [0.1, 0.15) is 26.7 Å². The minimum Gasteiger partial charge on any atom is -0.466 e. The van der Waals surface area contributed by atoms with Crippen molar-refractivity contribution in [1.29, 1.82) is 0 Å². The average Bonchev–Trinajstić information content (AvgIpc) is 2.56. The summed E-state index contributed by atoms with van der Waals surface area (Å²) in [5, 5.41) is 2.88. The second-order valence-electron chi connectivity index (χ2n) is 5.87. The fourth-order valence-electron chi connectivity index (χ4n) is 2.79. The van der Waals surface area contributed by atoms with E-state index in [0.717, 1.165) is 25.1 Å². The van der Waals surface area contributed by atoms with Crippen molar-refractivity contribution in [1.82, 2.24) is 4.90 Å². The van der Waals surface area contributed by atoms with E-state index in [4.69, 9.17) is 10.5 Å². The van der Waals surface area contributed by atoms with Crippen LogP contribution in [-0.2, 0) is 14.3 Å². The third kappa shape index (κ3) is 4.69. The molecule has 1 aromatic rings. The number of rotatable bonds is 5. The number of nitrogens with zero attached hydrogens (tertiary/aromatic N) is 1. The Morgan fingerprint density at radius 3 is 2.74 bits per heavy atom. The average molecular weight is 319 g/mol.